The highest BCUT2D eigenvalue weighted by Crippen LogP contribution is 2.34. The molecule has 0 aromatic heterocycles. The number of carboxylic acids is 1. The van der Waals surface area contributed by atoms with E-state index in [1.807, 2.05) is 24.3 Å². The summed E-state index contributed by atoms with van der Waals surface area (Å²) >= 11 is 3.37. The second kappa shape index (κ2) is 6.51. The Kier molecular flexibility index (Phi) is 5.04. The summed E-state index contributed by atoms with van der Waals surface area (Å²) in [4.78, 5) is 25.9. The first-order valence-electron chi connectivity index (χ1n) is 7.62. The van der Waals surface area contributed by atoms with Gasteiger partial charge in [-0.1, -0.05) is 28.1 Å². The van der Waals surface area contributed by atoms with Crippen LogP contribution in [0.3, 0.4) is 0 Å². The number of carbonyl (C=O) groups excluding carboxylic acids is 1. The molecule has 1 aromatic carbocycles. The maximum atomic E-state index is 12.5. The maximum absolute atomic E-state index is 12.5. The van der Waals surface area contributed by atoms with Crippen LogP contribution in [0, 0.1) is 0 Å². The maximum Gasteiger partial charge on any atom is 0.411 e. The highest BCUT2D eigenvalue weighted by Gasteiger charge is 2.51. The molecule has 126 valence electrons. The Morgan fingerprint density at radius 3 is 2.43 bits per heavy atom. The monoisotopic (exact) mass is 383 g/mol. The van der Waals surface area contributed by atoms with E-state index in [0.717, 1.165) is 10.0 Å². The average Bonchev–Trinajstić information content (AvgIpc) is 2.84. The zero-order valence-corrected chi connectivity index (χ0v) is 15.2. The first kappa shape index (κ1) is 17.8. The van der Waals surface area contributed by atoms with Crippen molar-refractivity contribution in [1.82, 2.24) is 4.90 Å². The van der Waals surface area contributed by atoms with E-state index >= 15 is 0 Å². The number of ether oxygens (including phenoxy) is 1. The average molecular weight is 384 g/mol. The Hall–Kier alpha value is -1.56. The van der Waals surface area contributed by atoms with Crippen molar-refractivity contribution in [2.45, 2.75) is 51.2 Å². The third-order valence-electron chi connectivity index (χ3n) is 3.91. The minimum absolute atomic E-state index is 0.273. The van der Waals surface area contributed by atoms with Crippen LogP contribution in [0.15, 0.2) is 28.7 Å². The van der Waals surface area contributed by atoms with Crippen molar-refractivity contribution < 1.29 is 19.4 Å². The van der Waals surface area contributed by atoms with Crippen molar-refractivity contribution >= 4 is 28.0 Å². The zero-order chi connectivity index (χ0) is 17.3. The number of likely N-dealkylation sites (tertiary alicyclic amines) is 1. The predicted molar refractivity (Wildman–Crippen MR) is 90.4 cm³/mol. The number of hydrogen-bond acceptors (Lipinski definition) is 3. The molecule has 1 atom stereocenters. The van der Waals surface area contributed by atoms with Crippen molar-refractivity contribution in [3.8, 4) is 0 Å². The van der Waals surface area contributed by atoms with Gasteiger partial charge in [0.25, 0.3) is 0 Å². The fraction of sp³-hybridized carbons (Fsp3) is 0.529. The Morgan fingerprint density at radius 1 is 1.30 bits per heavy atom. The van der Waals surface area contributed by atoms with Gasteiger partial charge >= 0.3 is 12.1 Å². The van der Waals surface area contributed by atoms with E-state index in [1.54, 1.807) is 20.8 Å². The van der Waals surface area contributed by atoms with E-state index in [1.165, 1.54) is 4.90 Å². The molecule has 0 saturated carbocycles. The second-order valence-electron chi connectivity index (χ2n) is 6.88. The van der Waals surface area contributed by atoms with E-state index in [0.29, 0.717) is 19.4 Å². The Bertz CT molecular complexity index is 594. The van der Waals surface area contributed by atoms with Crippen LogP contribution >= 0.6 is 15.9 Å². The third kappa shape index (κ3) is 4.05. The summed E-state index contributed by atoms with van der Waals surface area (Å²) in [6.45, 7) is 5.73. The molecule has 0 bridgehead atoms. The molecule has 0 radical (unpaired) electrons. The van der Waals surface area contributed by atoms with E-state index in [2.05, 4.69) is 15.9 Å². The van der Waals surface area contributed by atoms with Gasteiger partial charge in [0, 0.05) is 17.4 Å². The van der Waals surface area contributed by atoms with Gasteiger partial charge in [-0.15, -0.1) is 0 Å². The molecule has 1 saturated heterocycles. The molecule has 0 aliphatic carbocycles. The summed E-state index contributed by atoms with van der Waals surface area (Å²) in [5, 5.41) is 9.84. The van der Waals surface area contributed by atoms with Gasteiger partial charge in [0.15, 0.2) is 0 Å². The van der Waals surface area contributed by atoms with Crippen molar-refractivity contribution in [1.29, 1.82) is 0 Å². The molecular formula is C17H22BrNO4. The standard InChI is InChI=1S/C17H22BrNO4/c1-16(2,3)23-15(22)19-10-4-9-17(19,14(20)21)11-12-5-7-13(18)8-6-12/h5-8H,4,9-11H2,1-3H3,(H,20,21). The van der Waals surface area contributed by atoms with Gasteiger partial charge in [0.2, 0.25) is 0 Å². The topological polar surface area (TPSA) is 66.8 Å². The highest BCUT2D eigenvalue weighted by molar-refractivity contribution is 9.10. The molecular weight excluding hydrogens is 362 g/mol. The minimum atomic E-state index is -1.24. The molecule has 1 heterocycles. The Balaban J connectivity index is 2.29. The van der Waals surface area contributed by atoms with Gasteiger partial charge in [-0.3, -0.25) is 4.90 Å². The molecule has 1 unspecified atom stereocenters. The molecule has 1 N–H and O–H groups in total. The van der Waals surface area contributed by atoms with Gasteiger partial charge in [0.05, 0.1) is 0 Å². The van der Waals surface area contributed by atoms with Gasteiger partial charge in [0.1, 0.15) is 11.1 Å². The van der Waals surface area contributed by atoms with Crippen LogP contribution in [0.4, 0.5) is 4.79 Å². The van der Waals surface area contributed by atoms with Crippen LogP contribution in [-0.2, 0) is 16.0 Å². The number of nitrogens with zero attached hydrogens (tertiary/aromatic N) is 1. The van der Waals surface area contributed by atoms with Crippen molar-refractivity contribution in [2.75, 3.05) is 6.54 Å². The van der Waals surface area contributed by atoms with E-state index < -0.39 is 23.2 Å². The number of hydrogen-bond donors (Lipinski definition) is 1. The highest BCUT2D eigenvalue weighted by atomic mass is 79.9. The molecule has 0 spiro atoms. The Morgan fingerprint density at radius 2 is 1.91 bits per heavy atom. The molecule has 1 amide bonds. The fourth-order valence-electron chi connectivity index (χ4n) is 2.88. The lowest BCUT2D eigenvalue weighted by Gasteiger charge is -2.36. The first-order valence-corrected chi connectivity index (χ1v) is 8.42. The molecule has 5 nitrogen and oxygen atoms in total. The molecule has 23 heavy (non-hydrogen) atoms. The lowest BCUT2D eigenvalue weighted by Crippen LogP contribution is -2.55. The zero-order valence-electron chi connectivity index (χ0n) is 13.6. The van der Waals surface area contributed by atoms with Crippen molar-refractivity contribution in [3.63, 3.8) is 0 Å². The normalized spacial score (nSPS) is 21.3. The van der Waals surface area contributed by atoms with E-state index in [-0.39, 0.29) is 6.42 Å². The van der Waals surface area contributed by atoms with Crippen LogP contribution in [0.25, 0.3) is 0 Å². The fourth-order valence-corrected chi connectivity index (χ4v) is 3.15. The summed E-state index contributed by atoms with van der Waals surface area (Å²) in [7, 11) is 0. The van der Waals surface area contributed by atoms with Crippen molar-refractivity contribution in [3.05, 3.63) is 34.3 Å². The smallest absolute Gasteiger partial charge is 0.411 e. The molecule has 2 rings (SSSR count). The first-order chi connectivity index (χ1) is 10.6. The van der Waals surface area contributed by atoms with Crippen molar-refractivity contribution in [2.24, 2.45) is 0 Å². The largest absolute Gasteiger partial charge is 0.479 e. The summed E-state index contributed by atoms with van der Waals surface area (Å²) in [5.74, 6) is -0.983. The Labute approximate surface area is 144 Å². The minimum Gasteiger partial charge on any atom is -0.479 e. The number of halogens is 1. The number of benzene rings is 1. The predicted octanol–water partition coefficient (Wildman–Crippen LogP) is 3.85. The van der Waals surface area contributed by atoms with Gasteiger partial charge in [-0.2, -0.15) is 0 Å². The van der Waals surface area contributed by atoms with Crippen LogP contribution in [0.1, 0.15) is 39.2 Å². The molecule has 1 fully saturated rings. The molecule has 6 heteroatoms. The van der Waals surface area contributed by atoms with Gasteiger partial charge in [-0.25, -0.2) is 9.59 Å². The molecule has 1 aliphatic heterocycles. The third-order valence-corrected chi connectivity index (χ3v) is 4.44. The number of carbonyl (C=O) groups is 2. The lowest BCUT2D eigenvalue weighted by atomic mass is 9.88. The second-order valence-corrected chi connectivity index (χ2v) is 7.79. The van der Waals surface area contributed by atoms with Crippen LogP contribution < -0.4 is 0 Å². The number of aliphatic carboxylic acids is 1. The van der Waals surface area contributed by atoms with Gasteiger partial charge in [-0.05, 0) is 51.3 Å². The summed E-state index contributed by atoms with van der Waals surface area (Å²) in [5.41, 5.74) is -1.01. The van der Waals surface area contributed by atoms with Crippen LogP contribution in [0.5, 0.6) is 0 Å². The van der Waals surface area contributed by atoms with E-state index in [9.17, 15) is 14.7 Å². The van der Waals surface area contributed by atoms with Gasteiger partial charge < -0.3 is 9.84 Å². The molecule has 1 aromatic rings. The number of amides is 1. The number of rotatable bonds is 3. The quantitative estimate of drug-likeness (QED) is 0.860. The number of carboxylic acid groups (broad SMARTS) is 1. The van der Waals surface area contributed by atoms with E-state index in [4.69, 9.17) is 4.74 Å². The van der Waals surface area contributed by atoms with Crippen LogP contribution in [0.2, 0.25) is 0 Å². The summed E-state index contributed by atoms with van der Waals surface area (Å²) in [6, 6.07) is 7.50. The van der Waals surface area contributed by atoms with Crippen LogP contribution in [-0.4, -0.2) is 39.8 Å². The summed E-state index contributed by atoms with van der Waals surface area (Å²) < 4.78 is 6.33. The lowest BCUT2D eigenvalue weighted by molar-refractivity contribution is -0.149. The SMILES string of the molecule is CC(C)(C)OC(=O)N1CCCC1(Cc1ccc(Br)cc1)C(=O)O. The summed E-state index contributed by atoms with van der Waals surface area (Å²) in [6.07, 6.45) is 0.795. The molecule has 1 aliphatic rings.